The summed E-state index contributed by atoms with van der Waals surface area (Å²) < 4.78 is 0. The summed E-state index contributed by atoms with van der Waals surface area (Å²) in [6.07, 6.45) is 2.14. The second kappa shape index (κ2) is 5.29. The van der Waals surface area contributed by atoms with Gasteiger partial charge in [0, 0.05) is 17.3 Å². The van der Waals surface area contributed by atoms with Crippen molar-refractivity contribution in [2.75, 3.05) is 5.32 Å². The Morgan fingerprint density at radius 3 is 2.71 bits per heavy atom. The van der Waals surface area contributed by atoms with Crippen molar-refractivity contribution < 1.29 is 14.8 Å². The van der Waals surface area contributed by atoms with Crippen LogP contribution in [-0.2, 0) is 4.79 Å². The Labute approximate surface area is 101 Å². The van der Waals surface area contributed by atoms with E-state index in [1.54, 1.807) is 6.07 Å². The lowest BCUT2D eigenvalue weighted by Gasteiger charge is -2.21. The first-order valence-corrected chi connectivity index (χ1v) is 5.50. The molecule has 0 bridgehead atoms. The largest absolute Gasteiger partial charge is 0.508 e. The summed E-state index contributed by atoms with van der Waals surface area (Å²) in [5.41, 5.74) is 0.160. The van der Waals surface area contributed by atoms with Crippen LogP contribution in [-0.4, -0.2) is 28.1 Å². The van der Waals surface area contributed by atoms with E-state index in [-0.39, 0.29) is 11.5 Å². The van der Waals surface area contributed by atoms with Gasteiger partial charge in [-0.25, -0.2) is 0 Å². The van der Waals surface area contributed by atoms with Gasteiger partial charge in [-0.2, -0.15) is 0 Å². The van der Waals surface area contributed by atoms with Gasteiger partial charge in [0.15, 0.2) is 0 Å². The molecule has 0 aliphatic heterocycles. The lowest BCUT2D eigenvalue weighted by atomic mass is 9.85. The minimum absolute atomic E-state index is 0.107. The lowest BCUT2D eigenvalue weighted by molar-refractivity contribution is -0.124. The number of hydrogen-bond acceptors (Lipinski definition) is 4. The Hall–Kier alpha value is -1.40. The zero-order valence-corrected chi connectivity index (χ0v) is 10.3. The van der Waals surface area contributed by atoms with Crippen molar-refractivity contribution in [1.82, 2.24) is 4.98 Å². The van der Waals surface area contributed by atoms with Gasteiger partial charge in [-0.1, -0.05) is 20.8 Å². The fourth-order valence-electron chi connectivity index (χ4n) is 1.13. The quantitative estimate of drug-likeness (QED) is 0.649. The van der Waals surface area contributed by atoms with E-state index in [0.717, 1.165) is 6.42 Å². The van der Waals surface area contributed by atoms with Gasteiger partial charge in [0.25, 0.3) is 0 Å². The summed E-state index contributed by atoms with van der Waals surface area (Å²) in [6.45, 7) is 5.64. The fourth-order valence-corrected chi connectivity index (χ4v) is 1.13. The molecule has 0 saturated carbocycles. The van der Waals surface area contributed by atoms with Gasteiger partial charge in [0.1, 0.15) is 0 Å². The first-order valence-electron chi connectivity index (χ1n) is 5.50. The standard InChI is InChI=1S/C11H17BN2O3/c1-4-11(2,3)10(15)14-8-5-6-13-9(7-8)12(16)17/h5-7,16-17H,4H2,1-3H3,(H,13,14,15). The number of hydrogen-bond donors (Lipinski definition) is 3. The van der Waals surface area contributed by atoms with E-state index >= 15 is 0 Å². The molecule has 17 heavy (non-hydrogen) atoms. The van der Waals surface area contributed by atoms with E-state index in [1.807, 2.05) is 20.8 Å². The molecule has 0 fully saturated rings. The number of carbonyl (C=O) groups is 1. The van der Waals surface area contributed by atoms with Crippen molar-refractivity contribution in [2.45, 2.75) is 27.2 Å². The molecule has 1 heterocycles. The van der Waals surface area contributed by atoms with E-state index in [4.69, 9.17) is 10.0 Å². The van der Waals surface area contributed by atoms with Crippen LogP contribution in [0.2, 0.25) is 0 Å². The second-order valence-corrected chi connectivity index (χ2v) is 4.53. The van der Waals surface area contributed by atoms with Gasteiger partial charge in [0.2, 0.25) is 5.91 Å². The summed E-state index contributed by atoms with van der Waals surface area (Å²) in [4.78, 5) is 15.7. The number of nitrogens with zero attached hydrogens (tertiary/aromatic N) is 1. The van der Waals surface area contributed by atoms with Crippen LogP contribution in [0.25, 0.3) is 0 Å². The molecule has 0 spiro atoms. The Bertz CT molecular complexity index is 407. The van der Waals surface area contributed by atoms with Crippen molar-refractivity contribution >= 4 is 24.3 Å². The molecule has 1 amide bonds. The second-order valence-electron chi connectivity index (χ2n) is 4.53. The van der Waals surface area contributed by atoms with Crippen LogP contribution < -0.4 is 10.9 Å². The molecule has 1 aromatic heterocycles. The average Bonchev–Trinajstić information content (AvgIpc) is 2.29. The Morgan fingerprint density at radius 1 is 1.53 bits per heavy atom. The molecule has 92 valence electrons. The average molecular weight is 236 g/mol. The topological polar surface area (TPSA) is 82.5 Å². The number of amides is 1. The summed E-state index contributed by atoms with van der Waals surface area (Å²) in [7, 11) is -1.63. The number of anilines is 1. The van der Waals surface area contributed by atoms with Crippen LogP contribution in [0.3, 0.4) is 0 Å². The van der Waals surface area contributed by atoms with Crippen LogP contribution in [0.5, 0.6) is 0 Å². The summed E-state index contributed by atoms with van der Waals surface area (Å²) >= 11 is 0. The SMILES string of the molecule is CCC(C)(C)C(=O)Nc1ccnc(B(O)O)c1. The molecule has 0 saturated heterocycles. The first-order chi connectivity index (χ1) is 7.86. The molecule has 0 aliphatic carbocycles. The van der Waals surface area contributed by atoms with Crippen molar-refractivity contribution in [3.8, 4) is 0 Å². The molecular weight excluding hydrogens is 219 g/mol. The van der Waals surface area contributed by atoms with Crippen LogP contribution in [0.15, 0.2) is 18.3 Å². The zero-order chi connectivity index (χ0) is 13.1. The fraction of sp³-hybridized carbons (Fsp3) is 0.455. The molecule has 0 aliphatic rings. The summed E-state index contributed by atoms with van der Waals surface area (Å²) in [5, 5.41) is 20.7. The Balaban J connectivity index is 2.82. The molecule has 5 nitrogen and oxygen atoms in total. The first kappa shape index (κ1) is 13.7. The highest BCUT2D eigenvalue weighted by Gasteiger charge is 2.25. The molecule has 0 atom stereocenters. The molecule has 0 aromatic carbocycles. The third-order valence-electron chi connectivity index (χ3n) is 2.80. The molecule has 1 rings (SSSR count). The van der Waals surface area contributed by atoms with Gasteiger partial charge < -0.3 is 15.4 Å². The molecule has 3 N–H and O–H groups in total. The number of pyridine rings is 1. The highest BCUT2D eigenvalue weighted by atomic mass is 16.4. The van der Waals surface area contributed by atoms with Gasteiger partial charge in [-0.05, 0) is 18.6 Å². The number of carbonyl (C=O) groups excluding carboxylic acids is 1. The molecule has 0 radical (unpaired) electrons. The maximum atomic E-state index is 11.9. The van der Waals surface area contributed by atoms with Crippen molar-refractivity contribution in [3.05, 3.63) is 18.3 Å². The molecule has 6 heteroatoms. The summed E-state index contributed by atoms with van der Waals surface area (Å²) in [6, 6.07) is 3.05. The smallest absolute Gasteiger partial charge is 0.422 e. The third-order valence-corrected chi connectivity index (χ3v) is 2.80. The van der Waals surface area contributed by atoms with E-state index in [0.29, 0.717) is 5.69 Å². The number of aromatic nitrogens is 1. The van der Waals surface area contributed by atoms with Crippen molar-refractivity contribution in [2.24, 2.45) is 5.41 Å². The minimum atomic E-state index is -1.63. The van der Waals surface area contributed by atoms with Crippen LogP contribution >= 0.6 is 0 Å². The zero-order valence-electron chi connectivity index (χ0n) is 10.3. The van der Waals surface area contributed by atoms with Gasteiger partial charge in [-0.15, -0.1) is 0 Å². The van der Waals surface area contributed by atoms with E-state index in [9.17, 15) is 4.79 Å². The van der Waals surface area contributed by atoms with Crippen LogP contribution in [0.4, 0.5) is 5.69 Å². The highest BCUT2D eigenvalue weighted by molar-refractivity contribution is 6.57. The lowest BCUT2D eigenvalue weighted by Crippen LogP contribution is -2.34. The number of rotatable bonds is 4. The number of nitrogens with one attached hydrogen (secondary N) is 1. The summed E-state index contributed by atoms with van der Waals surface area (Å²) in [5.74, 6) is -0.107. The third kappa shape index (κ3) is 3.54. The van der Waals surface area contributed by atoms with Crippen LogP contribution in [0, 0.1) is 5.41 Å². The van der Waals surface area contributed by atoms with Crippen molar-refractivity contribution in [3.63, 3.8) is 0 Å². The predicted molar refractivity (Wildman–Crippen MR) is 66.8 cm³/mol. The van der Waals surface area contributed by atoms with Crippen molar-refractivity contribution in [1.29, 1.82) is 0 Å². The Kier molecular flexibility index (Phi) is 4.25. The van der Waals surface area contributed by atoms with Gasteiger partial charge >= 0.3 is 7.12 Å². The predicted octanol–water partition coefficient (Wildman–Crippen LogP) is 0.136. The maximum absolute atomic E-state index is 11.9. The van der Waals surface area contributed by atoms with E-state index in [1.165, 1.54) is 12.3 Å². The molecule has 1 aromatic rings. The maximum Gasteiger partial charge on any atom is 0.508 e. The van der Waals surface area contributed by atoms with Gasteiger partial charge in [-0.3, -0.25) is 9.78 Å². The van der Waals surface area contributed by atoms with Crippen LogP contribution in [0.1, 0.15) is 27.2 Å². The minimum Gasteiger partial charge on any atom is -0.422 e. The molecular formula is C11H17BN2O3. The van der Waals surface area contributed by atoms with E-state index in [2.05, 4.69) is 10.3 Å². The monoisotopic (exact) mass is 236 g/mol. The highest BCUT2D eigenvalue weighted by Crippen LogP contribution is 2.21. The van der Waals surface area contributed by atoms with Gasteiger partial charge in [0.05, 0.1) is 5.59 Å². The normalized spacial score (nSPS) is 11.1. The Morgan fingerprint density at radius 2 is 2.18 bits per heavy atom. The molecule has 0 unspecified atom stereocenters. The van der Waals surface area contributed by atoms with E-state index < -0.39 is 12.5 Å².